The van der Waals surface area contributed by atoms with Crippen molar-refractivity contribution in [1.29, 1.82) is 0 Å². The maximum atomic E-state index is 11.9. The molecule has 4 nitrogen and oxygen atoms in total. The number of halogens is 1. The van der Waals surface area contributed by atoms with Crippen molar-refractivity contribution < 1.29 is 14.7 Å². The Morgan fingerprint density at radius 2 is 2.19 bits per heavy atom. The highest BCUT2D eigenvalue weighted by molar-refractivity contribution is 9.11. The minimum absolute atomic E-state index is 0.0217. The normalized spacial score (nSPS) is 10.1. The molecular weight excluding hydrogens is 294 g/mol. The highest BCUT2D eigenvalue weighted by atomic mass is 79.9. The summed E-state index contributed by atoms with van der Waals surface area (Å²) in [6.07, 6.45) is -0.0217. The predicted molar refractivity (Wildman–Crippen MR) is 65.8 cm³/mol. The molecule has 1 N–H and O–H groups in total. The van der Waals surface area contributed by atoms with Gasteiger partial charge < -0.3 is 10.0 Å². The fourth-order valence-corrected chi connectivity index (χ4v) is 2.57. The number of carbonyl (C=O) groups excluding carboxylic acids is 1. The van der Waals surface area contributed by atoms with Crippen LogP contribution in [-0.4, -0.2) is 35.0 Å². The molecule has 6 heteroatoms. The van der Waals surface area contributed by atoms with Gasteiger partial charge in [0.15, 0.2) is 0 Å². The number of carboxylic acids is 1. The summed E-state index contributed by atoms with van der Waals surface area (Å²) in [7, 11) is 0. The summed E-state index contributed by atoms with van der Waals surface area (Å²) in [5, 5.41) is 8.57. The Bertz CT molecular complexity index is 391. The number of thiophene rings is 1. The summed E-state index contributed by atoms with van der Waals surface area (Å²) >= 11 is 4.64. The Kier molecular flexibility index (Phi) is 4.95. The summed E-state index contributed by atoms with van der Waals surface area (Å²) in [5.74, 6) is -1.00. The number of rotatable bonds is 5. The van der Waals surface area contributed by atoms with Gasteiger partial charge in [-0.3, -0.25) is 9.59 Å². The third kappa shape index (κ3) is 3.61. The lowest BCUT2D eigenvalue weighted by Crippen LogP contribution is -2.32. The van der Waals surface area contributed by atoms with Gasteiger partial charge in [-0.15, -0.1) is 11.3 Å². The third-order valence-corrected chi connectivity index (χ3v) is 3.66. The topological polar surface area (TPSA) is 57.6 Å². The van der Waals surface area contributed by atoms with Crippen LogP contribution < -0.4 is 0 Å². The van der Waals surface area contributed by atoms with E-state index < -0.39 is 5.97 Å². The van der Waals surface area contributed by atoms with Crippen molar-refractivity contribution in [2.75, 3.05) is 13.1 Å². The van der Waals surface area contributed by atoms with Gasteiger partial charge in [-0.05, 0) is 35.0 Å². The molecule has 0 aliphatic carbocycles. The van der Waals surface area contributed by atoms with Gasteiger partial charge >= 0.3 is 5.97 Å². The van der Waals surface area contributed by atoms with Crippen LogP contribution >= 0.6 is 27.3 Å². The molecule has 0 unspecified atom stereocenters. The summed E-state index contributed by atoms with van der Waals surface area (Å²) in [5.41, 5.74) is 0. The molecule has 1 heterocycles. The SMILES string of the molecule is CCN(CCC(=O)O)C(=O)c1ccc(Br)s1. The smallest absolute Gasteiger partial charge is 0.305 e. The molecule has 0 spiro atoms. The first-order valence-corrected chi connectivity index (χ1v) is 6.42. The zero-order valence-corrected chi connectivity index (χ0v) is 11.2. The zero-order valence-electron chi connectivity index (χ0n) is 8.77. The maximum absolute atomic E-state index is 11.9. The first-order valence-electron chi connectivity index (χ1n) is 4.81. The Labute approximate surface area is 106 Å². The van der Waals surface area contributed by atoms with Gasteiger partial charge in [0, 0.05) is 13.1 Å². The average molecular weight is 306 g/mol. The van der Waals surface area contributed by atoms with E-state index in [2.05, 4.69) is 15.9 Å². The second-order valence-corrected chi connectivity index (χ2v) is 5.60. The van der Waals surface area contributed by atoms with Gasteiger partial charge in [0.2, 0.25) is 0 Å². The Hall–Kier alpha value is -0.880. The molecule has 0 fully saturated rings. The highest BCUT2D eigenvalue weighted by Gasteiger charge is 2.16. The molecule has 0 saturated carbocycles. The number of amides is 1. The first kappa shape index (κ1) is 13.2. The van der Waals surface area contributed by atoms with E-state index in [4.69, 9.17) is 5.11 Å². The summed E-state index contributed by atoms with van der Waals surface area (Å²) in [6, 6.07) is 3.55. The second kappa shape index (κ2) is 6.00. The molecule has 0 radical (unpaired) electrons. The summed E-state index contributed by atoms with van der Waals surface area (Å²) in [6.45, 7) is 2.60. The lowest BCUT2D eigenvalue weighted by molar-refractivity contribution is -0.137. The second-order valence-electron chi connectivity index (χ2n) is 3.13. The van der Waals surface area contributed by atoms with Crippen molar-refractivity contribution in [2.24, 2.45) is 0 Å². The molecule has 0 aromatic carbocycles. The largest absolute Gasteiger partial charge is 0.481 e. The van der Waals surface area contributed by atoms with Gasteiger partial charge in [-0.25, -0.2) is 0 Å². The molecular formula is C10H12BrNO3S. The van der Waals surface area contributed by atoms with E-state index in [0.29, 0.717) is 11.4 Å². The zero-order chi connectivity index (χ0) is 12.1. The van der Waals surface area contributed by atoms with E-state index in [-0.39, 0.29) is 18.9 Å². The average Bonchev–Trinajstić information content (AvgIpc) is 2.65. The van der Waals surface area contributed by atoms with Crippen LogP contribution in [0.25, 0.3) is 0 Å². The molecule has 1 aromatic heterocycles. The summed E-state index contributed by atoms with van der Waals surface area (Å²) < 4.78 is 0.894. The Balaban J connectivity index is 2.66. The molecule has 1 rings (SSSR count). The van der Waals surface area contributed by atoms with Crippen molar-refractivity contribution in [3.8, 4) is 0 Å². The van der Waals surface area contributed by atoms with E-state index >= 15 is 0 Å². The van der Waals surface area contributed by atoms with Crippen molar-refractivity contribution in [3.63, 3.8) is 0 Å². The predicted octanol–water partition coefficient (Wildman–Crippen LogP) is 2.45. The van der Waals surface area contributed by atoms with Crippen LogP contribution in [0.3, 0.4) is 0 Å². The first-order chi connectivity index (χ1) is 7.54. The lowest BCUT2D eigenvalue weighted by Gasteiger charge is -2.18. The minimum Gasteiger partial charge on any atom is -0.481 e. The standard InChI is InChI=1S/C10H12BrNO3S/c1-2-12(6-5-9(13)14)10(15)7-3-4-8(11)16-7/h3-4H,2,5-6H2,1H3,(H,13,14). The Morgan fingerprint density at radius 3 is 2.62 bits per heavy atom. The van der Waals surface area contributed by atoms with Gasteiger partial charge in [-0.1, -0.05) is 0 Å². The van der Waals surface area contributed by atoms with Crippen molar-refractivity contribution in [3.05, 3.63) is 20.8 Å². The molecule has 0 bridgehead atoms. The van der Waals surface area contributed by atoms with Gasteiger partial charge in [0.25, 0.3) is 5.91 Å². The van der Waals surface area contributed by atoms with Crippen LogP contribution in [0.2, 0.25) is 0 Å². The molecule has 0 saturated heterocycles. The van der Waals surface area contributed by atoms with E-state index in [1.807, 2.05) is 13.0 Å². The Morgan fingerprint density at radius 1 is 1.50 bits per heavy atom. The molecule has 1 amide bonds. The third-order valence-electron chi connectivity index (χ3n) is 2.05. The van der Waals surface area contributed by atoms with E-state index in [0.717, 1.165) is 3.79 Å². The molecule has 0 aliphatic heterocycles. The van der Waals surface area contributed by atoms with Crippen molar-refractivity contribution in [2.45, 2.75) is 13.3 Å². The maximum Gasteiger partial charge on any atom is 0.305 e. The van der Waals surface area contributed by atoms with Crippen molar-refractivity contribution in [1.82, 2.24) is 4.90 Å². The molecule has 0 aliphatic rings. The number of aliphatic carboxylic acids is 1. The van der Waals surface area contributed by atoms with E-state index in [9.17, 15) is 9.59 Å². The number of hydrogen-bond donors (Lipinski definition) is 1. The molecule has 88 valence electrons. The number of hydrogen-bond acceptors (Lipinski definition) is 3. The minimum atomic E-state index is -0.890. The molecule has 1 aromatic rings. The van der Waals surface area contributed by atoms with Gasteiger partial charge in [0.1, 0.15) is 0 Å². The molecule has 16 heavy (non-hydrogen) atoms. The lowest BCUT2D eigenvalue weighted by atomic mass is 10.3. The fraction of sp³-hybridized carbons (Fsp3) is 0.400. The number of nitrogens with zero attached hydrogens (tertiary/aromatic N) is 1. The highest BCUT2D eigenvalue weighted by Crippen LogP contribution is 2.23. The van der Waals surface area contributed by atoms with Crippen LogP contribution in [-0.2, 0) is 4.79 Å². The van der Waals surface area contributed by atoms with Crippen LogP contribution in [0.5, 0.6) is 0 Å². The van der Waals surface area contributed by atoms with Crippen LogP contribution in [0.1, 0.15) is 23.0 Å². The van der Waals surface area contributed by atoms with E-state index in [1.54, 1.807) is 6.07 Å². The summed E-state index contributed by atoms with van der Waals surface area (Å²) in [4.78, 5) is 24.5. The fourth-order valence-electron chi connectivity index (χ4n) is 1.22. The van der Waals surface area contributed by atoms with Crippen molar-refractivity contribution >= 4 is 39.1 Å². The van der Waals surface area contributed by atoms with Gasteiger partial charge in [0.05, 0.1) is 15.1 Å². The quantitative estimate of drug-likeness (QED) is 0.909. The van der Waals surface area contributed by atoms with Gasteiger partial charge in [-0.2, -0.15) is 0 Å². The van der Waals surface area contributed by atoms with E-state index in [1.165, 1.54) is 16.2 Å². The monoisotopic (exact) mass is 305 g/mol. The van der Waals surface area contributed by atoms with Crippen LogP contribution in [0.4, 0.5) is 0 Å². The number of carboxylic acid groups (broad SMARTS) is 1. The van der Waals surface area contributed by atoms with Crippen LogP contribution in [0.15, 0.2) is 15.9 Å². The number of carbonyl (C=O) groups is 2. The van der Waals surface area contributed by atoms with Crippen LogP contribution in [0, 0.1) is 0 Å². The molecule has 0 atom stereocenters.